The van der Waals surface area contributed by atoms with Gasteiger partial charge < -0.3 is 5.73 Å². The fourth-order valence-electron chi connectivity index (χ4n) is 2.34. The highest BCUT2D eigenvalue weighted by molar-refractivity contribution is 7.98. The number of aryl methyl sites for hydroxylation is 3. The van der Waals surface area contributed by atoms with E-state index in [1.165, 1.54) is 16.7 Å². The van der Waals surface area contributed by atoms with Gasteiger partial charge in [0, 0.05) is 17.7 Å². The number of nitrogens with zero attached hydrogens (tertiary/aromatic N) is 2. The van der Waals surface area contributed by atoms with Gasteiger partial charge in [-0.25, -0.2) is 9.97 Å². The SMILES string of the molecule is CCCc1nc(N)c(C)c(SCc2cc(C)cc(C)c2)n1. The van der Waals surface area contributed by atoms with Crippen LogP contribution in [-0.2, 0) is 12.2 Å². The second kappa shape index (κ2) is 6.94. The Hall–Kier alpha value is -1.55. The van der Waals surface area contributed by atoms with Crippen LogP contribution < -0.4 is 5.73 Å². The van der Waals surface area contributed by atoms with Crippen molar-refractivity contribution >= 4 is 17.6 Å². The van der Waals surface area contributed by atoms with E-state index in [2.05, 4.69) is 48.9 Å². The van der Waals surface area contributed by atoms with Crippen molar-refractivity contribution in [3.8, 4) is 0 Å². The molecule has 3 nitrogen and oxygen atoms in total. The van der Waals surface area contributed by atoms with Crippen molar-refractivity contribution in [3.05, 3.63) is 46.3 Å². The van der Waals surface area contributed by atoms with Crippen LogP contribution in [0.5, 0.6) is 0 Å². The summed E-state index contributed by atoms with van der Waals surface area (Å²) in [7, 11) is 0. The molecule has 0 saturated carbocycles. The highest BCUT2D eigenvalue weighted by Gasteiger charge is 2.09. The molecule has 0 aliphatic rings. The molecular formula is C17H23N3S. The summed E-state index contributed by atoms with van der Waals surface area (Å²) < 4.78 is 0. The van der Waals surface area contributed by atoms with Crippen molar-refractivity contribution in [3.63, 3.8) is 0 Å². The van der Waals surface area contributed by atoms with E-state index in [9.17, 15) is 0 Å². The van der Waals surface area contributed by atoms with E-state index in [1.807, 2.05) is 6.92 Å². The average Bonchev–Trinajstić information content (AvgIpc) is 2.40. The third-order valence-corrected chi connectivity index (χ3v) is 4.46. The standard InChI is InChI=1S/C17H23N3S/c1-5-6-15-19-16(18)13(4)17(20-15)21-10-14-8-11(2)7-12(3)9-14/h7-9H,5-6,10H2,1-4H3,(H2,18,19,20). The maximum absolute atomic E-state index is 6.00. The second-order valence-electron chi connectivity index (χ2n) is 5.49. The van der Waals surface area contributed by atoms with Crippen molar-refractivity contribution in [1.29, 1.82) is 0 Å². The zero-order valence-electron chi connectivity index (χ0n) is 13.2. The number of nitrogens with two attached hydrogens (primary N) is 1. The summed E-state index contributed by atoms with van der Waals surface area (Å²) in [6, 6.07) is 6.65. The molecule has 0 saturated heterocycles. The molecule has 0 atom stereocenters. The lowest BCUT2D eigenvalue weighted by Crippen LogP contribution is -2.04. The molecule has 1 heterocycles. The third-order valence-electron chi connectivity index (χ3n) is 3.32. The van der Waals surface area contributed by atoms with Gasteiger partial charge in [0.25, 0.3) is 0 Å². The Morgan fingerprint density at radius 3 is 2.33 bits per heavy atom. The molecule has 0 unspecified atom stereocenters. The highest BCUT2D eigenvalue weighted by Crippen LogP contribution is 2.27. The summed E-state index contributed by atoms with van der Waals surface area (Å²) in [5, 5.41) is 1.00. The van der Waals surface area contributed by atoms with Crippen LogP contribution in [-0.4, -0.2) is 9.97 Å². The number of nitrogen functional groups attached to an aromatic ring is 1. The predicted octanol–water partition coefficient (Wildman–Crippen LogP) is 4.23. The second-order valence-corrected chi connectivity index (χ2v) is 6.45. The molecule has 0 aliphatic heterocycles. The molecule has 1 aromatic heterocycles. The van der Waals surface area contributed by atoms with Gasteiger partial charge in [-0.1, -0.05) is 36.2 Å². The predicted molar refractivity (Wildman–Crippen MR) is 90.7 cm³/mol. The molecule has 112 valence electrons. The number of benzene rings is 1. The molecule has 2 N–H and O–H groups in total. The molecule has 4 heteroatoms. The lowest BCUT2D eigenvalue weighted by molar-refractivity contribution is 0.805. The summed E-state index contributed by atoms with van der Waals surface area (Å²) in [5.74, 6) is 2.37. The first-order chi connectivity index (χ1) is 9.99. The fraction of sp³-hybridized carbons (Fsp3) is 0.412. The van der Waals surface area contributed by atoms with Gasteiger partial charge in [-0.3, -0.25) is 0 Å². The summed E-state index contributed by atoms with van der Waals surface area (Å²) in [6.07, 6.45) is 1.91. The van der Waals surface area contributed by atoms with Gasteiger partial charge in [-0.05, 0) is 32.8 Å². The quantitative estimate of drug-likeness (QED) is 0.663. The van der Waals surface area contributed by atoms with Gasteiger partial charge in [0.05, 0.1) is 0 Å². The first-order valence-corrected chi connectivity index (χ1v) is 8.31. The topological polar surface area (TPSA) is 51.8 Å². The summed E-state index contributed by atoms with van der Waals surface area (Å²) in [5.41, 5.74) is 10.9. The zero-order chi connectivity index (χ0) is 15.4. The molecule has 0 fully saturated rings. The van der Waals surface area contributed by atoms with Crippen molar-refractivity contribution in [2.24, 2.45) is 0 Å². The van der Waals surface area contributed by atoms with E-state index in [-0.39, 0.29) is 0 Å². The molecule has 21 heavy (non-hydrogen) atoms. The third kappa shape index (κ3) is 4.21. The Morgan fingerprint density at radius 1 is 1.05 bits per heavy atom. The highest BCUT2D eigenvalue weighted by atomic mass is 32.2. The van der Waals surface area contributed by atoms with Crippen LogP contribution in [0.4, 0.5) is 5.82 Å². The van der Waals surface area contributed by atoms with E-state index in [0.717, 1.165) is 35.0 Å². The molecule has 0 radical (unpaired) electrons. The number of aromatic nitrogens is 2. The van der Waals surface area contributed by atoms with E-state index in [4.69, 9.17) is 5.73 Å². The van der Waals surface area contributed by atoms with Crippen LogP contribution in [0, 0.1) is 20.8 Å². The number of thioether (sulfide) groups is 1. The molecule has 0 bridgehead atoms. The average molecular weight is 301 g/mol. The number of hydrogen-bond donors (Lipinski definition) is 1. The lowest BCUT2D eigenvalue weighted by atomic mass is 10.1. The van der Waals surface area contributed by atoms with E-state index >= 15 is 0 Å². The lowest BCUT2D eigenvalue weighted by Gasteiger charge is -2.10. The largest absolute Gasteiger partial charge is 0.383 e. The van der Waals surface area contributed by atoms with Gasteiger partial charge in [0.1, 0.15) is 16.7 Å². The Labute approximate surface area is 131 Å². The van der Waals surface area contributed by atoms with Gasteiger partial charge in [0.15, 0.2) is 0 Å². The van der Waals surface area contributed by atoms with Gasteiger partial charge >= 0.3 is 0 Å². The molecular weight excluding hydrogens is 278 g/mol. The minimum absolute atomic E-state index is 0.608. The van der Waals surface area contributed by atoms with Gasteiger partial charge in [-0.15, -0.1) is 11.8 Å². The van der Waals surface area contributed by atoms with Crippen LogP contribution in [0.25, 0.3) is 0 Å². The van der Waals surface area contributed by atoms with E-state index in [0.29, 0.717) is 5.82 Å². The van der Waals surface area contributed by atoms with E-state index < -0.39 is 0 Å². The number of hydrogen-bond acceptors (Lipinski definition) is 4. The van der Waals surface area contributed by atoms with E-state index in [1.54, 1.807) is 11.8 Å². The Balaban J connectivity index is 2.18. The molecule has 0 aliphatic carbocycles. The van der Waals surface area contributed by atoms with Crippen molar-refractivity contribution in [2.75, 3.05) is 5.73 Å². The Bertz CT molecular complexity index is 618. The van der Waals surface area contributed by atoms with Crippen molar-refractivity contribution < 1.29 is 0 Å². The van der Waals surface area contributed by atoms with Crippen molar-refractivity contribution in [2.45, 2.75) is 51.3 Å². The summed E-state index contributed by atoms with van der Waals surface area (Å²) >= 11 is 1.74. The zero-order valence-corrected chi connectivity index (χ0v) is 14.0. The minimum Gasteiger partial charge on any atom is -0.383 e. The van der Waals surface area contributed by atoms with Crippen LogP contribution in [0.2, 0.25) is 0 Å². The van der Waals surface area contributed by atoms with Crippen LogP contribution in [0.1, 0.15) is 41.4 Å². The van der Waals surface area contributed by atoms with Crippen molar-refractivity contribution in [1.82, 2.24) is 9.97 Å². The van der Waals surface area contributed by atoms with Gasteiger partial charge in [0.2, 0.25) is 0 Å². The van der Waals surface area contributed by atoms with Gasteiger partial charge in [-0.2, -0.15) is 0 Å². The molecule has 2 aromatic rings. The number of rotatable bonds is 5. The number of anilines is 1. The molecule has 0 spiro atoms. The summed E-state index contributed by atoms with van der Waals surface area (Å²) in [6.45, 7) is 8.39. The monoisotopic (exact) mass is 301 g/mol. The maximum atomic E-state index is 6.00. The van der Waals surface area contributed by atoms with Crippen LogP contribution in [0.3, 0.4) is 0 Å². The Morgan fingerprint density at radius 2 is 1.71 bits per heavy atom. The first kappa shape index (κ1) is 15.8. The normalized spacial score (nSPS) is 10.9. The fourth-order valence-corrected chi connectivity index (χ4v) is 3.30. The maximum Gasteiger partial charge on any atom is 0.132 e. The molecule has 1 aromatic carbocycles. The molecule has 2 rings (SSSR count). The first-order valence-electron chi connectivity index (χ1n) is 7.32. The van der Waals surface area contributed by atoms with Crippen LogP contribution >= 0.6 is 11.8 Å². The Kier molecular flexibility index (Phi) is 5.23. The molecule has 0 amide bonds. The van der Waals surface area contributed by atoms with Crippen LogP contribution in [0.15, 0.2) is 23.2 Å². The minimum atomic E-state index is 0.608. The smallest absolute Gasteiger partial charge is 0.132 e. The summed E-state index contributed by atoms with van der Waals surface area (Å²) in [4.78, 5) is 9.01.